The lowest BCUT2D eigenvalue weighted by Gasteiger charge is -2.27. The largest absolute Gasteiger partial charge is 0.496 e. The number of methoxy groups -OCH3 is 1. The number of fused-ring (bicyclic) bond motifs is 1. The maximum Gasteiger partial charge on any atom is 0.258 e. The van der Waals surface area contributed by atoms with Gasteiger partial charge < -0.3 is 24.4 Å². The Morgan fingerprint density at radius 3 is 2.71 bits per heavy atom. The van der Waals surface area contributed by atoms with E-state index in [9.17, 15) is 9.59 Å². The predicted octanol–water partition coefficient (Wildman–Crippen LogP) is 3.60. The van der Waals surface area contributed by atoms with Crippen molar-refractivity contribution in [3.05, 3.63) is 52.5 Å². The summed E-state index contributed by atoms with van der Waals surface area (Å²) in [6.45, 7) is 3.44. The molecule has 0 aromatic heterocycles. The Kier molecular flexibility index (Phi) is 6.23. The van der Waals surface area contributed by atoms with Gasteiger partial charge in [0.25, 0.3) is 5.91 Å². The Morgan fingerprint density at radius 2 is 1.94 bits per heavy atom. The van der Waals surface area contributed by atoms with Crippen LogP contribution < -0.4 is 19.5 Å². The maximum absolute atomic E-state index is 13.2. The maximum atomic E-state index is 13.2. The van der Waals surface area contributed by atoms with Gasteiger partial charge >= 0.3 is 0 Å². The van der Waals surface area contributed by atoms with Crippen LogP contribution >= 0.6 is 11.6 Å². The summed E-state index contributed by atoms with van der Waals surface area (Å²) in [6, 6.07) is 9.75. The average Bonchev–Trinajstić information content (AvgIpc) is 3.28. The molecule has 1 saturated heterocycles. The smallest absolute Gasteiger partial charge is 0.258 e. The molecule has 2 aromatic rings. The third-order valence-electron chi connectivity index (χ3n) is 5.63. The summed E-state index contributed by atoms with van der Waals surface area (Å²) < 4.78 is 16.5. The molecule has 1 fully saturated rings. The van der Waals surface area contributed by atoms with Crippen molar-refractivity contribution in [1.82, 2.24) is 10.2 Å². The second-order valence-electron chi connectivity index (χ2n) is 7.63. The lowest BCUT2D eigenvalue weighted by atomic mass is 10.1. The molecule has 0 aliphatic carbocycles. The van der Waals surface area contributed by atoms with Crippen molar-refractivity contribution in [2.75, 3.05) is 26.9 Å². The van der Waals surface area contributed by atoms with Crippen molar-refractivity contribution in [1.29, 1.82) is 0 Å². The Hall–Kier alpha value is -2.93. The molecule has 0 bridgehead atoms. The van der Waals surface area contributed by atoms with Gasteiger partial charge in [-0.05, 0) is 55.7 Å². The number of hydrogen-bond donors (Lipinski definition) is 1. The van der Waals surface area contributed by atoms with Crippen LogP contribution in [0.1, 0.15) is 41.7 Å². The van der Waals surface area contributed by atoms with E-state index in [1.54, 1.807) is 23.1 Å². The number of nitrogens with zero attached hydrogens (tertiary/aromatic N) is 1. The molecular weight excluding hydrogens is 420 g/mol. The van der Waals surface area contributed by atoms with Crippen LogP contribution in [0.4, 0.5) is 0 Å². The highest BCUT2D eigenvalue weighted by Gasteiger charge is 2.36. The number of benzene rings is 2. The molecule has 1 N–H and O–H groups in total. The third-order valence-corrected chi connectivity index (χ3v) is 5.87. The summed E-state index contributed by atoms with van der Waals surface area (Å²) in [4.78, 5) is 27.9. The Morgan fingerprint density at radius 1 is 1.16 bits per heavy atom. The van der Waals surface area contributed by atoms with E-state index in [-0.39, 0.29) is 17.9 Å². The summed E-state index contributed by atoms with van der Waals surface area (Å²) in [5.41, 5.74) is 1.26. The van der Waals surface area contributed by atoms with Crippen molar-refractivity contribution in [2.45, 2.75) is 31.8 Å². The first-order valence-corrected chi connectivity index (χ1v) is 10.7. The van der Waals surface area contributed by atoms with Crippen LogP contribution in [-0.4, -0.2) is 49.6 Å². The van der Waals surface area contributed by atoms with Gasteiger partial charge in [-0.25, -0.2) is 0 Å². The molecule has 7 nitrogen and oxygen atoms in total. The molecule has 2 atom stereocenters. The standard InChI is InChI=1S/C23H25ClN2O5/c1-14(15-5-7-20-21(12-15)31-11-10-30-20)25-22(27)18-4-3-9-26(18)23(28)17-13-16(24)6-8-19(17)29-2/h5-8,12-14,18H,3-4,9-11H2,1-2H3,(H,25,27). The van der Waals surface area contributed by atoms with Gasteiger partial charge in [0, 0.05) is 11.6 Å². The van der Waals surface area contributed by atoms with Crippen molar-refractivity contribution in [3.8, 4) is 17.2 Å². The zero-order valence-corrected chi connectivity index (χ0v) is 18.3. The Labute approximate surface area is 186 Å². The van der Waals surface area contributed by atoms with E-state index in [1.165, 1.54) is 7.11 Å². The van der Waals surface area contributed by atoms with E-state index in [4.69, 9.17) is 25.8 Å². The molecule has 8 heteroatoms. The Balaban J connectivity index is 1.48. The number of rotatable bonds is 5. The highest BCUT2D eigenvalue weighted by atomic mass is 35.5. The fourth-order valence-corrected chi connectivity index (χ4v) is 4.18. The summed E-state index contributed by atoms with van der Waals surface area (Å²) in [6.07, 6.45) is 1.36. The van der Waals surface area contributed by atoms with E-state index in [1.807, 2.05) is 25.1 Å². The zero-order valence-electron chi connectivity index (χ0n) is 17.5. The number of ether oxygens (including phenoxy) is 3. The molecule has 2 aromatic carbocycles. The average molecular weight is 445 g/mol. The van der Waals surface area contributed by atoms with Crippen LogP contribution in [0, 0.1) is 0 Å². The molecule has 31 heavy (non-hydrogen) atoms. The second-order valence-corrected chi connectivity index (χ2v) is 8.07. The monoisotopic (exact) mass is 444 g/mol. The topological polar surface area (TPSA) is 77.1 Å². The molecule has 2 aliphatic rings. The van der Waals surface area contributed by atoms with Gasteiger partial charge in [-0.1, -0.05) is 17.7 Å². The summed E-state index contributed by atoms with van der Waals surface area (Å²) in [5, 5.41) is 3.48. The molecule has 2 aliphatic heterocycles. The van der Waals surface area contributed by atoms with Crippen molar-refractivity contribution in [2.24, 2.45) is 0 Å². The molecule has 0 spiro atoms. The van der Waals surface area contributed by atoms with Gasteiger partial charge in [-0.3, -0.25) is 9.59 Å². The Bertz CT molecular complexity index is 996. The number of halogens is 1. The lowest BCUT2D eigenvalue weighted by Crippen LogP contribution is -2.46. The van der Waals surface area contributed by atoms with Crippen LogP contribution in [0.15, 0.2) is 36.4 Å². The molecule has 164 valence electrons. The minimum Gasteiger partial charge on any atom is -0.496 e. The second kappa shape index (κ2) is 9.06. The number of carbonyl (C=O) groups excluding carboxylic acids is 2. The quantitative estimate of drug-likeness (QED) is 0.762. The van der Waals surface area contributed by atoms with Crippen molar-refractivity contribution >= 4 is 23.4 Å². The van der Waals surface area contributed by atoms with E-state index in [0.29, 0.717) is 54.0 Å². The molecule has 2 heterocycles. The van der Waals surface area contributed by atoms with Crippen molar-refractivity contribution < 1.29 is 23.8 Å². The normalized spacial score (nSPS) is 18.4. The molecule has 4 rings (SSSR count). The van der Waals surface area contributed by atoms with E-state index < -0.39 is 6.04 Å². The summed E-state index contributed by atoms with van der Waals surface area (Å²) in [5.74, 6) is 1.37. The predicted molar refractivity (Wildman–Crippen MR) is 116 cm³/mol. The first-order valence-electron chi connectivity index (χ1n) is 10.3. The van der Waals surface area contributed by atoms with Crippen LogP contribution in [0.25, 0.3) is 0 Å². The molecule has 2 amide bonds. The summed E-state index contributed by atoms with van der Waals surface area (Å²) in [7, 11) is 1.50. The van der Waals surface area contributed by atoms with Gasteiger partial charge in [0.2, 0.25) is 5.91 Å². The van der Waals surface area contributed by atoms with E-state index >= 15 is 0 Å². The van der Waals surface area contributed by atoms with Crippen LogP contribution in [-0.2, 0) is 4.79 Å². The third kappa shape index (κ3) is 4.42. The van der Waals surface area contributed by atoms with Gasteiger partial charge in [-0.2, -0.15) is 0 Å². The van der Waals surface area contributed by atoms with Gasteiger partial charge in [0.15, 0.2) is 11.5 Å². The fraction of sp³-hybridized carbons (Fsp3) is 0.391. The van der Waals surface area contributed by atoms with Gasteiger partial charge in [0.05, 0.1) is 18.7 Å². The van der Waals surface area contributed by atoms with Crippen LogP contribution in [0.3, 0.4) is 0 Å². The minimum atomic E-state index is -0.546. The van der Waals surface area contributed by atoms with Gasteiger partial charge in [0.1, 0.15) is 25.0 Å². The molecule has 2 unspecified atom stereocenters. The number of hydrogen-bond acceptors (Lipinski definition) is 5. The number of likely N-dealkylation sites (tertiary alicyclic amines) is 1. The minimum absolute atomic E-state index is 0.186. The number of carbonyl (C=O) groups is 2. The number of amides is 2. The van der Waals surface area contributed by atoms with Crippen LogP contribution in [0.2, 0.25) is 5.02 Å². The summed E-state index contributed by atoms with van der Waals surface area (Å²) >= 11 is 6.09. The van der Waals surface area contributed by atoms with E-state index in [2.05, 4.69) is 5.32 Å². The number of nitrogens with one attached hydrogen (secondary N) is 1. The first kappa shape index (κ1) is 21.3. The SMILES string of the molecule is COc1ccc(Cl)cc1C(=O)N1CCCC1C(=O)NC(C)c1ccc2c(c1)OCCO2. The lowest BCUT2D eigenvalue weighted by molar-refractivity contribution is -0.125. The highest BCUT2D eigenvalue weighted by molar-refractivity contribution is 6.31. The van der Waals surface area contributed by atoms with Crippen molar-refractivity contribution in [3.63, 3.8) is 0 Å². The first-order chi connectivity index (χ1) is 15.0. The molecule has 0 radical (unpaired) electrons. The molecule has 0 saturated carbocycles. The fourth-order valence-electron chi connectivity index (χ4n) is 4.01. The van der Waals surface area contributed by atoms with E-state index in [0.717, 1.165) is 12.0 Å². The highest BCUT2D eigenvalue weighted by Crippen LogP contribution is 2.33. The van der Waals surface area contributed by atoms with Gasteiger partial charge in [-0.15, -0.1) is 0 Å². The zero-order chi connectivity index (χ0) is 22.0. The molecular formula is C23H25ClN2O5. The van der Waals surface area contributed by atoms with Crippen LogP contribution in [0.5, 0.6) is 17.2 Å².